The fourth-order valence-corrected chi connectivity index (χ4v) is 3.22. The molecule has 0 saturated carbocycles. The minimum atomic E-state index is 0.0520. The number of para-hydroxylation sites is 1. The third-order valence-corrected chi connectivity index (χ3v) is 4.52. The zero-order valence-corrected chi connectivity index (χ0v) is 15.8. The van der Waals surface area contributed by atoms with Crippen LogP contribution < -0.4 is 20.7 Å². The highest BCUT2D eigenvalue weighted by Gasteiger charge is 2.24. The molecule has 2 aromatic carbocycles. The monoisotopic (exact) mass is 366 g/mol. The smallest absolute Gasteiger partial charge is 0.225 e. The molecular weight excluding hydrogens is 340 g/mol. The highest BCUT2D eigenvalue weighted by molar-refractivity contribution is 5.94. The summed E-state index contributed by atoms with van der Waals surface area (Å²) in [6.07, 6.45) is 0.470. The number of benzene rings is 2. The Kier molecular flexibility index (Phi) is 6.30. The number of aliphatic imine (C=N–C) groups is 1. The molecule has 1 atom stereocenters. The van der Waals surface area contributed by atoms with E-state index in [2.05, 4.69) is 27.0 Å². The van der Waals surface area contributed by atoms with Crippen molar-refractivity contribution in [2.45, 2.75) is 25.8 Å². The van der Waals surface area contributed by atoms with Crippen LogP contribution in [0.5, 0.6) is 5.75 Å². The molecule has 1 heterocycles. The average Bonchev–Trinajstić information content (AvgIpc) is 2.68. The Morgan fingerprint density at radius 3 is 2.89 bits per heavy atom. The van der Waals surface area contributed by atoms with Gasteiger partial charge in [-0.25, -0.2) is 0 Å². The van der Waals surface area contributed by atoms with Crippen molar-refractivity contribution < 1.29 is 9.53 Å². The van der Waals surface area contributed by atoms with Crippen LogP contribution >= 0.6 is 0 Å². The number of rotatable bonds is 6. The highest BCUT2D eigenvalue weighted by atomic mass is 16.5. The molecule has 0 fully saturated rings. The summed E-state index contributed by atoms with van der Waals surface area (Å²) in [5, 5.41) is 9.58. The van der Waals surface area contributed by atoms with Gasteiger partial charge in [0.1, 0.15) is 5.75 Å². The summed E-state index contributed by atoms with van der Waals surface area (Å²) < 4.78 is 5.54. The van der Waals surface area contributed by atoms with E-state index in [1.807, 2.05) is 49.4 Å². The molecule has 3 rings (SSSR count). The van der Waals surface area contributed by atoms with Gasteiger partial charge in [-0.05, 0) is 36.2 Å². The van der Waals surface area contributed by atoms with Crippen molar-refractivity contribution in [3.8, 4) is 5.75 Å². The first-order valence-corrected chi connectivity index (χ1v) is 9.24. The standard InChI is InChI=1S/C21H26N4O2/c1-3-27-17-8-6-7-15(11-17)13-23-21(22-2)24-14-16-12-20(26)25-19-10-5-4-9-18(16)19/h4-11,16H,3,12-14H2,1-2H3,(H,25,26)(H2,22,23,24). The van der Waals surface area contributed by atoms with E-state index in [-0.39, 0.29) is 11.8 Å². The molecular formula is C21H26N4O2. The van der Waals surface area contributed by atoms with E-state index in [4.69, 9.17) is 4.74 Å². The lowest BCUT2D eigenvalue weighted by Gasteiger charge is -2.26. The summed E-state index contributed by atoms with van der Waals surface area (Å²) in [5.74, 6) is 1.75. The second-order valence-corrected chi connectivity index (χ2v) is 6.42. The van der Waals surface area contributed by atoms with E-state index in [0.717, 1.165) is 22.6 Å². The van der Waals surface area contributed by atoms with E-state index in [1.165, 1.54) is 0 Å². The Morgan fingerprint density at radius 2 is 2.07 bits per heavy atom. The number of hydrogen-bond donors (Lipinski definition) is 3. The molecule has 27 heavy (non-hydrogen) atoms. The number of nitrogens with zero attached hydrogens (tertiary/aromatic N) is 1. The summed E-state index contributed by atoms with van der Waals surface area (Å²) in [7, 11) is 1.74. The molecule has 0 radical (unpaired) electrons. The van der Waals surface area contributed by atoms with Crippen LogP contribution in [-0.2, 0) is 11.3 Å². The third kappa shape index (κ3) is 5.00. The number of fused-ring (bicyclic) bond motifs is 1. The van der Waals surface area contributed by atoms with Crippen LogP contribution in [0.3, 0.4) is 0 Å². The van der Waals surface area contributed by atoms with Crippen LogP contribution in [0.1, 0.15) is 30.4 Å². The van der Waals surface area contributed by atoms with Crippen LogP contribution in [0.2, 0.25) is 0 Å². The van der Waals surface area contributed by atoms with Gasteiger partial charge in [-0.1, -0.05) is 30.3 Å². The van der Waals surface area contributed by atoms with Crippen LogP contribution in [0.25, 0.3) is 0 Å². The van der Waals surface area contributed by atoms with Crippen LogP contribution in [-0.4, -0.2) is 32.1 Å². The zero-order chi connectivity index (χ0) is 19.1. The second-order valence-electron chi connectivity index (χ2n) is 6.42. The molecule has 2 aromatic rings. The van der Waals surface area contributed by atoms with Gasteiger partial charge in [0.2, 0.25) is 5.91 Å². The number of amides is 1. The molecule has 1 amide bonds. The van der Waals surface area contributed by atoms with E-state index in [9.17, 15) is 4.79 Å². The van der Waals surface area contributed by atoms with E-state index < -0.39 is 0 Å². The Bertz CT molecular complexity index is 819. The van der Waals surface area contributed by atoms with Gasteiger partial charge in [0.05, 0.1) is 6.61 Å². The number of hydrogen-bond acceptors (Lipinski definition) is 3. The number of carbonyl (C=O) groups excluding carboxylic acids is 1. The van der Waals surface area contributed by atoms with Gasteiger partial charge in [0, 0.05) is 38.2 Å². The van der Waals surface area contributed by atoms with Gasteiger partial charge in [-0.3, -0.25) is 9.79 Å². The number of nitrogens with one attached hydrogen (secondary N) is 3. The molecule has 1 aliphatic rings. The first kappa shape index (κ1) is 18.8. The molecule has 6 nitrogen and oxygen atoms in total. The lowest BCUT2D eigenvalue weighted by Crippen LogP contribution is -2.40. The number of ether oxygens (including phenoxy) is 1. The van der Waals surface area contributed by atoms with Crippen molar-refractivity contribution in [2.75, 3.05) is 25.5 Å². The van der Waals surface area contributed by atoms with Gasteiger partial charge in [0.15, 0.2) is 5.96 Å². The quantitative estimate of drug-likeness (QED) is 0.543. The Morgan fingerprint density at radius 1 is 1.22 bits per heavy atom. The maximum absolute atomic E-state index is 11.9. The third-order valence-electron chi connectivity index (χ3n) is 4.52. The average molecular weight is 366 g/mol. The Labute approximate surface area is 160 Å². The first-order chi connectivity index (χ1) is 13.2. The molecule has 1 aliphatic heterocycles. The molecule has 142 valence electrons. The van der Waals surface area contributed by atoms with Crippen molar-refractivity contribution in [2.24, 2.45) is 4.99 Å². The number of carbonyl (C=O) groups is 1. The predicted molar refractivity (Wildman–Crippen MR) is 108 cm³/mol. The fourth-order valence-electron chi connectivity index (χ4n) is 3.22. The SMILES string of the molecule is CCOc1cccc(CNC(=NC)NCC2CC(=O)Nc3ccccc32)c1. The maximum atomic E-state index is 11.9. The van der Waals surface area contributed by atoms with Gasteiger partial charge in [-0.2, -0.15) is 0 Å². The van der Waals surface area contributed by atoms with Crippen molar-refractivity contribution >= 4 is 17.6 Å². The minimum Gasteiger partial charge on any atom is -0.494 e. The molecule has 0 aromatic heterocycles. The normalized spacial score (nSPS) is 16.3. The van der Waals surface area contributed by atoms with Gasteiger partial charge >= 0.3 is 0 Å². The van der Waals surface area contributed by atoms with Crippen LogP contribution in [0.4, 0.5) is 5.69 Å². The lowest BCUT2D eigenvalue weighted by molar-refractivity contribution is -0.116. The van der Waals surface area contributed by atoms with Gasteiger partial charge in [0.25, 0.3) is 0 Å². The number of anilines is 1. The van der Waals surface area contributed by atoms with Crippen LogP contribution in [0, 0.1) is 0 Å². The number of guanidine groups is 1. The first-order valence-electron chi connectivity index (χ1n) is 9.24. The van der Waals surface area contributed by atoms with Crippen molar-refractivity contribution in [1.29, 1.82) is 0 Å². The Hall–Kier alpha value is -3.02. The highest BCUT2D eigenvalue weighted by Crippen LogP contribution is 2.31. The Balaban J connectivity index is 1.57. The summed E-state index contributed by atoms with van der Waals surface area (Å²) >= 11 is 0. The summed E-state index contributed by atoms with van der Waals surface area (Å²) in [6.45, 7) is 3.91. The summed E-state index contributed by atoms with van der Waals surface area (Å²) in [4.78, 5) is 16.2. The molecule has 6 heteroatoms. The predicted octanol–water partition coefficient (Wildman–Crippen LogP) is 2.88. The summed E-state index contributed by atoms with van der Waals surface area (Å²) in [5.41, 5.74) is 3.17. The van der Waals surface area contributed by atoms with Crippen molar-refractivity contribution in [3.05, 3.63) is 59.7 Å². The summed E-state index contributed by atoms with van der Waals surface area (Å²) in [6, 6.07) is 15.9. The zero-order valence-electron chi connectivity index (χ0n) is 15.8. The van der Waals surface area contributed by atoms with Crippen molar-refractivity contribution in [3.63, 3.8) is 0 Å². The fraction of sp³-hybridized carbons (Fsp3) is 0.333. The topological polar surface area (TPSA) is 74.8 Å². The largest absolute Gasteiger partial charge is 0.494 e. The molecule has 1 unspecified atom stereocenters. The van der Waals surface area contributed by atoms with Crippen LogP contribution in [0.15, 0.2) is 53.5 Å². The van der Waals surface area contributed by atoms with Gasteiger partial charge in [-0.15, -0.1) is 0 Å². The van der Waals surface area contributed by atoms with Gasteiger partial charge < -0.3 is 20.7 Å². The maximum Gasteiger partial charge on any atom is 0.225 e. The molecule has 0 aliphatic carbocycles. The lowest BCUT2D eigenvalue weighted by atomic mass is 9.90. The minimum absolute atomic E-state index is 0.0520. The van der Waals surface area contributed by atoms with E-state index in [0.29, 0.717) is 32.1 Å². The van der Waals surface area contributed by atoms with Crippen molar-refractivity contribution in [1.82, 2.24) is 10.6 Å². The van der Waals surface area contributed by atoms with E-state index >= 15 is 0 Å². The molecule has 0 saturated heterocycles. The van der Waals surface area contributed by atoms with E-state index in [1.54, 1.807) is 7.05 Å². The molecule has 0 bridgehead atoms. The second kappa shape index (κ2) is 9.07. The molecule has 0 spiro atoms. The molecule has 3 N–H and O–H groups in total.